The number of benzene rings is 1. The number of carbonyl (C=O) groups is 2. The van der Waals surface area contributed by atoms with Crippen molar-refractivity contribution in [1.29, 1.82) is 0 Å². The van der Waals surface area contributed by atoms with E-state index in [0.29, 0.717) is 15.6 Å². The molecule has 1 heterocycles. The standard InChI is InChI=1S/C15H14ClNO4S/c1-9(18)12-5-6-13(22-12)10-3-2-4-11(14(10)16)21-8-7-17-15(19)20/h2-6,17H,7-8H2,1H3,(H,19,20). The highest BCUT2D eigenvalue weighted by Gasteiger charge is 2.12. The van der Waals surface area contributed by atoms with Crippen LogP contribution in [0.25, 0.3) is 10.4 Å². The molecule has 0 aliphatic carbocycles. The third-order valence-corrected chi connectivity index (χ3v) is 4.43. The molecule has 7 heteroatoms. The minimum atomic E-state index is -1.10. The fourth-order valence-corrected chi connectivity index (χ4v) is 3.07. The van der Waals surface area contributed by atoms with E-state index >= 15 is 0 Å². The molecule has 1 aromatic carbocycles. The largest absolute Gasteiger partial charge is 0.490 e. The second-order valence-corrected chi connectivity index (χ2v) is 5.88. The highest BCUT2D eigenvalue weighted by molar-refractivity contribution is 7.17. The zero-order valence-electron chi connectivity index (χ0n) is 11.8. The molecule has 22 heavy (non-hydrogen) atoms. The second-order valence-electron chi connectivity index (χ2n) is 4.42. The summed E-state index contributed by atoms with van der Waals surface area (Å²) in [6.45, 7) is 1.87. The number of carbonyl (C=O) groups excluding carboxylic acids is 1. The molecule has 0 spiro atoms. The van der Waals surface area contributed by atoms with E-state index in [9.17, 15) is 9.59 Å². The normalized spacial score (nSPS) is 10.3. The molecule has 0 bridgehead atoms. The van der Waals surface area contributed by atoms with E-state index in [1.165, 1.54) is 18.3 Å². The minimum Gasteiger partial charge on any atom is -0.490 e. The van der Waals surface area contributed by atoms with Crippen LogP contribution in [0.1, 0.15) is 16.6 Å². The van der Waals surface area contributed by atoms with Gasteiger partial charge in [-0.2, -0.15) is 0 Å². The Kier molecular flexibility index (Phi) is 5.41. The SMILES string of the molecule is CC(=O)c1ccc(-c2cccc(OCCNC(=O)O)c2Cl)s1. The molecule has 1 aromatic heterocycles. The average molecular weight is 340 g/mol. The van der Waals surface area contributed by atoms with Crippen molar-refractivity contribution in [1.82, 2.24) is 5.32 Å². The van der Waals surface area contributed by atoms with Crippen molar-refractivity contribution in [2.45, 2.75) is 6.92 Å². The number of ether oxygens (including phenoxy) is 1. The first kappa shape index (κ1) is 16.3. The number of hydrogen-bond donors (Lipinski definition) is 2. The van der Waals surface area contributed by atoms with Gasteiger partial charge in [0.2, 0.25) is 0 Å². The van der Waals surface area contributed by atoms with Crippen molar-refractivity contribution in [3.63, 3.8) is 0 Å². The zero-order valence-corrected chi connectivity index (χ0v) is 13.3. The van der Waals surface area contributed by atoms with Crippen molar-refractivity contribution in [2.75, 3.05) is 13.2 Å². The Labute approximate surface area is 136 Å². The minimum absolute atomic E-state index is 0.0134. The summed E-state index contributed by atoms with van der Waals surface area (Å²) < 4.78 is 5.48. The predicted molar refractivity (Wildman–Crippen MR) is 86.3 cm³/mol. The van der Waals surface area contributed by atoms with E-state index in [-0.39, 0.29) is 18.9 Å². The van der Waals surface area contributed by atoms with Gasteiger partial charge in [0.15, 0.2) is 5.78 Å². The van der Waals surface area contributed by atoms with E-state index in [4.69, 9.17) is 21.4 Å². The smallest absolute Gasteiger partial charge is 0.404 e. The lowest BCUT2D eigenvalue weighted by Crippen LogP contribution is -2.26. The topological polar surface area (TPSA) is 75.6 Å². The Bertz CT molecular complexity index is 699. The Balaban J connectivity index is 2.14. The number of thiophene rings is 1. The molecular formula is C15H14ClNO4S. The summed E-state index contributed by atoms with van der Waals surface area (Å²) in [4.78, 5) is 23.3. The molecule has 0 aliphatic rings. The number of nitrogens with one attached hydrogen (secondary N) is 1. The summed E-state index contributed by atoms with van der Waals surface area (Å²) in [7, 11) is 0. The molecule has 0 atom stereocenters. The lowest BCUT2D eigenvalue weighted by Gasteiger charge is -2.10. The summed E-state index contributed by atoms with van der Waals surface area (Å²) >= 11 is 7.70. The van der Waals surface area contributed by atoms with Gasteiger partial charge in [-0.15, -0.1) is 11.3 Å². The fraction of sp³-hybridized carbons (Fsp3) is 0.200. The Morgan fingerprint density at radius 2 is 2.09 bits per heavy atom. The highest BCUT2D eigenvalue weighted by Crippen LogP contribution is 2.38. The fourth-order valence-electron chi connectivity index (χ4n) is 1.80. The van der Waals surface area contributed by atoms with Crippen LogP contribution in [-0.2, 0) is 0 Å². The molecular weight excluding hydrogens is 326 g/mol. The van der Waals surface area contributed by atoms with Crippen molar-refractivity contribution in [2.24, 2.45) is 0 Å². The van der Waals surface area contributed by atoms with Crippen molar-refractivity contribution in [3.05, 3.63) is 40.2 Å². The van der Waals surface area contributed by atoms with Crippen LogP contribution in [0.3, 0.4) is 0 Å². The van der Waals surface area contributed by atoms with Gasteiger partial charge >= 0.3 is 6.09 Å². The van der Waals surface area contributed by atoms with Crippen LogP contribution in [0, 0.1) is 0 Å². The van der Waals surface area contributed by atoms with Gasteiger partial charge in [-0.3, -0.25) is 4.79 Å². The third kappa shape index (κ3) is 3.99. The maximum atomic E-state index is 11.4. The van der Waals surface area contributed by atoms with Gasteiger partial charge < -0.3 is 15.2 Å². The maximum absolute atomic E-state index is 11.4. The monoisotopic (exact) mass is 339 g/mol. The third-order valence-electron chi connectivity index (χ3n) is 2.82. The van der Waals surface area contributed by atoms with Crippen LogP contribution in [0.4, 0.5) is 4.79 Å². The van der Waals surface area contributed by atoms with E-state index in [1.54, 1.807) is 18.2 Å². The van der Waals surface area contributed by atoms with Crippen molar-refractivity contribution < 1.29 is 19.4 Å². The average Bonchev–Trinajstić information content (AvgIpc) is 2.94. The van der Waals surface area contributed by atoms with Crippen LogP contribution in [0.5, 0.6) is 5.75 Å². The van der Waals surface area contributed by atoms with E-state index < -0.39 is 6.09 Å². The molecule has 0 fully saturated rings. The Hall–Kier alpha value is -2.05. The molecule has 5 nitrogen and oxygen atoms in total. The summed E-state index contributed by atoms with van der Waals surface area (Å²) in [6.07, 6.45) is -1.10. The first-order chi connectivity index (χ1) is 10.5. The van der Waals surface area contributed by atoms with Crippen molar-refractivity contribution >= 4 is 34.8 Å². The molecule has 2 rings (SSSR count). The molecule has 0 aliphatic heterocycles. The van der Waals surface area contributed by atoms with E-state index in [0.717, 1.165) is 10.4 Å². The van der Waals surface area contributed by atoms with Crippen LogP contribution < -0.4 is 10.1 Å². The van der Waals surface area contributed by atoms with Gasteiger partial charge in [0.1, 0.15) is 12.4 Å². The van der Waals surface area contributed by atoms with Crippen LogP contribution >= 0.6 is 22.9 Å². The summed E-state index contributed by atoms with van der Waals surface area (Å²) in [6, 6.07) is 8.97. The summed E-state index contributed by atoms with van der Waals surface area (Å²) in [5, 5.41) is 11.1. The Morgan fingerprint density at radius 3 is 2.73 bits per heavy atom. The lowest BCUT2D eigenvalue weighted by molar-refractivity contribution is 0.102. The van der Waals surface area contributed by atoms with E-state index in [2.05, 4.69) is 5.32 Å². The lowest BCUT2D eigenvalue weighted by atomic mass is 10.2. The van der Waals surface area contributed by atoms with Crippen LogP contribution in [0.2, 0.25) is 5.02 Å². The second kappa shape index (κ2) is 7.29. The van der Waals surface area contributed by atoms with Gasteiger partial charge in [-0.25, -0.2) is 4.79 Å². The Morgan fingerprint density at radius 1 is 1.32 bits per heavy atom. The molecule has 0 unspecified atom stereocenters. The first-order valence-corrected chi connectivity index (χ1v) is 7.67. The maximum Gasteiger partial charge on any atom is 0.404 e. The van der Waals surface area contributed by atoms with Gasteiger partial charge in [0, 0.05) is 10.4 Å². The molecule has 116 valence electrons. The predicted octanol–water partition coefficient (Wildman–Crippen LogP) is 3.92. The quantitative estimate of drug-likeness (QED) is 0.618. The number of hydrogen-bond acceptors (Lipinski definition) is 4. The number of rotatable bonds is 6. The van der Waals surface area contributed by atoms with Gasteiger partial charge in [0.05, 0.1) is 16.4 Å². The zero-order chi connectivity index (χ0) is 16.1. The molecule has 1 amide bonds. The van der Waals surface area contributed by atoms with Crippen LogP contribution in [0.15, 0.2) is 30.3 Å². The summed E-state index contributed by atoms with van der Waals surface area (Å²) in [5.41, 5.74) is 0.780. The number of halogens is 1. The van der Waals surface area contributed by atoms with Gasteiger partial charge in [-0.05, 0) is 25.1 Å². The molecule has 0 saturated carbocycles. The number of ketones is 1. The number of amides is 1. The first-order valence-electron chi connectivity index (χ1n) is 6.48. The van der Waals surface area contributed by atoms with Gasteiger partial charge in [0.25, 0.3) is 0 Å². The number of carboxylic acid groups (broad SMARTS) is 1. The van der Waals surface area contributed by atoms with Crippen molar-refractivity contribution in [3.8, 4) is 16.2 Å². The molecule has 2 N–H and O–H groups in total. The van der Waals surface area contributed by atoms with E-state index in [1.807, 2.05) is 12.1 Å². The molecule has 2 aromatic rings. The summed E-state index contributed by atoms with van der Waals surface area (Å²) in [5.74, 6) is 0.489. The van der Waals surface area contributed by atoms with Gasteiger partial charge in [-0.1, -0.05) is 23.7 Å². The highest BCUT2D eigenvalue weighted by atomic mass is 35.5. The molecule has 0 radical (unpaired) electrons. The molecule has 0 saturated heterocycles. The van der Waals surface area contributed by atoms with Crippen LogP contribution in [-0.4, -0.2) is 30.1 Å². The number of Topliss-reactive ketones (excluding diaryl/α,β-unsaturated/α-hetero) is 1.